The van der Waals surface area contributed by atoms with Gasteiger partial charge in [-0.15, -0.1) is 0 Å². The fraction of sp³-hybridized carbons (Fsp3) is 0.917. The lowest BCUT2D eigenvalue weighted by Crippen LogP contribution is -2.55. The Morgan fingerprint density at radius 1 is 1.20 bits per heavy atom. The number of fused-ring (bicyclic) bond motifs is 2. The maximum absolute atomic E-state index is 11.8. The molecule has 0 aromatic heterocycles. The molecule has 2 saturated heterocycles. The van der Waals surface area contributed by atoms with E-state index in [4.69, 9.17) is 0 Å². The number of amides is 1. The van der Waals surface area contributed by atoms with Crippen LogP contribution in [-0.2, 0) is 4.79 Å². The van der Waals surface area contributed by atoms with Gasteiger partial charge < -0.3 is 4.90 Å². The standard InChI is InChI=1S/C12H22N2O/c1-3-7-13-8-10-5-6-11(9-13)14(10)12(15)4-2/h10-11H,3-9H2,1-2H3. The Balaban J connectivity index is 2.00. The van der Waals surface area contributed by atoms with Crippen LogP contribution in [0.4, 0.5) is 0 Å². The Labute approximate surface area is 92.4 Å². The lowest BCUT2D eigenvalue weighted by molar-refractivity contribution is -0.136. The summed E-state index contributed by atoms with van der Waals surface area (Å²) in [6, 6.07) is 1.03. The van der Waals surface area contributed by atoms with Crippen molar-refractivity contribution < 1.29 is 4.79 Å². The molecule has 0 saturated carbocycles. The molecule has 0 spiro atoms. The van der Waals surface area contributed by atoms with Crippen LogP contribution in [0.25, 0.3) is 0 Å². The molecule has 15 heavy (non-hydrogen) atoms. The molecule has 2 aliphatic rings. The Bertz CT molecular complexity index is 228. The van der Waals surface area contributed by atoms with Crippen LogP contribution in [-0.4, -0.2) is 47.4 Å². The molecule has 2 atom stereocenters. The minimum atomic E-state index is 0.360. The van der Waals surface area contributed by atoms with Gasteiger partial charge in [0.15, 0.2) is 0 Å². The molecular formula is C12H22N2O. The van der Waals surface area contributed by atoms with E-state index in [2.05, 4.69) is 16.7 Å². The van der Waals surface area contributed by atoms with E-state index in [1.807, 2.05) is 6.92 Å². The number of carbonyl (C=O) groups is 1. The molecule has 0 aromatic carbocycles. The Hall–Kier alpha value is -0.570. The molecule has 0 radical (unpaired) electrons. The van der Waals surface area contributed by atoms with Gasteiger partial charge in [0.2, 0.25) is 5.91 Å². The van der Waals surface area contributed by atoms with Gasteiger partial charge >= 0.3 is 0 Å². The SMILES string of the molecule is CCCN1CC2CCC(C1)N2C(=O)CC. The quantitative estimate of drug-likeness (QED) is 0.704. The number of rotatable bonds is 3. The van der Waals surface area contributed by atoms with E-state index in [9.17, 15) is 4.79 Å². The van der Waals surface area contributed by atoms with Crippen molar-refractivity contribution in [3.05, 3.63) is 0 Å². The molecule has 2 heterocycles. The second-order valence-electron chi connectivity index (χ2n) is 4.80. The first kappa shape index (κ1) is 10.9. The lowest BCUT2D eigenvalue weighted by Gasteiger charge is -2.41. The summed E-state index contributed by atoms with van der Waals surface area (Å²) in [4.78, 5) is 16.5. The molecule has 0 aliphatic carbocycles. The number of hydrogen-bond donors (Lipinski definition) is 0. The first-order chi connectivity index (χ1) is 7.26. The van der Waals surface area contributed by atoms with E-state index in [-0.39, 0.29) is 0 Å². The molecule has 3 nitrogen and oxygen atoms in total. The highest BCUT2D eigenvalue weighted by Crippen LogP contribution is 2.30. The van der Waals surface area contributed by atoms with Crippen LogP contribution in [0.15, 0.2) is 0 Å². The van der Waals surface area contributed by atoms with Crippen LogP contribution in [0, 0.1) is 0 Å². The molecule has 1 amide bonds. The lowest BCUT2D eigenvalue weighted by atomic mass is 10.1. The fourth-order valence-electron chi connectivity index (χ4n) is 3.08. The highest BCUT2D eigenvalue weighted by Gasteiger charge is 2.41. The highest BCUT2D eigenvalue weighted by atomic mass is 16.2. The summed E-state index contributed by atoms with van der Waals surface area (Å²) in [7, 11) is 0. The monoisotopic (exact) mass is 210 g/mol. The summed E-state index contributed by atoms with van der Waals surface area (Å²) in [5.41, 5.74) is 0. The van der Waals surface area contributed by atoms with Gasteiger partial charge in [-0.1, -0.05) is 13.8 Å². The molecular weight excluding hydrogens is 188 g/mol. The number of piperazine rings is 1. The van der Waals surface area contributed by atoms with Crippen molar-refractivity contribution in [2.24, 2.45) is 0 Å². The second-order valence-corrected chi connectivity index (χ2v) is 4.80. The van der Waals surface area contributed by atoms with Crippen LogP contribution in [0.3, 0.4) is 0 Å². The van der Waals surface area contributed by atoms with Gasteiger partial charge in [-0.25, -0.2) is 0 Å². The summed E-state index contributed by atoms with van der Waals surface area (Å²) in [6.45, 7) is 7.61. The van der Waals surface area contributed by atoms with E-state index < -0.39 is 0 Å². The van der Waals surface area contributed by atoms with Crippen molar-refractivity contribution in [2.75, 3.05) is 19.6 Å². The van der Waals surface area contributed by atoms with E-state index in [1.54, 1.807) is 0 Å². The predicted octanol–water partition coefficient (Wildman–Crippen LogP) is 1.48. The average molecular weight is 210 g/mol. The third kappa shape index (κ3) is 2.03. The van der Waals surface area contributed by atoms with Gasteiger partial charge in [-0.2, -0.15) is 0 Å². The smallest absolute Gasteiger partial charge is 0.222 e. The van der Waals surface area contributed by atoms with Crippen LogP contribution in [0.2, 0.25) is 0 Å². The number of nitrogens with zero attached hydrogens (tertiary/aromatic N) is 2. The fourth-order valence-corrected chi connectivity index (χ4v) is 3.08. The summed E-state index contributed by atoms with van der Waals surface area (Å²) in [5, 5.41) is 0. The van der Waals surface area contributed by atoms with Gasteiger partial charge in [0, 0.05) is 31.6 Å². The number of likely N-dealkylation sites (tertiary alicyclic amines) is 1. The predicted molar refractivity (Wildman–Crippen MR) is 60.7 cm³/mol. The molecule has 0 aromatic rings. The van der Waals surface area contributed by atoms with E-state index in [0.717, 1.165) is 13.1 Å². The van der Waals surface area contributed by atoms with Crippen LogP contribution >= 0.6 is 0 Å². The summed E-state index contributed by atoms with van der Waals surface area (Å²) < 4.78 is 0. The van der Waals surface area contributed by atoms with Crippen molar-refractivity contribution in [1.82, 2.24) is 9.80 Å². The number of hydrogen-bond acceptors (Lipinski definition) is 2. The molecule has 2 aliphatic heterocycles. The van der Waals surface area contributed by atoms with Crippen LogP contribution < -0.4 is 0 Å². The maximum Gasteiger partial charge on any atom is 0.222 e. The molecule has 2 rings (SSSR count). The minimum absolute atomic E-state index is 0.360. The van der Waals surface area contributed by atoms with Crippen LogP contribution in [0.5, 0.6) is 0 Å². The van der Waals surface area contributed by atoms with Crippen molar-refractivity contribution in [3.63, 3.8) is 0 Å². The Kier molecular flexibility index (Phi) is 3.29. The van der Waals surface area contributed by atoms with E-state index >= 15 is 0 Å². The third-order valence-electron chi connectivity index (χ3n) is 3.69. The van der Waals surface area contributed by atoms with Gasteiger partial charge in [-0.3, -0.25) is 9.69 Å². The maximum atomic E-state index is 11.8. The molecule has 0 N–H and O–H groups in total. The summed E-state index contributed by atoms with van der Waals surface area (Å²) >= 11 is 0. The topological polar surface area (TPSA) is 23.6 Å². The molecule has 2 fully saturated rings. The minimum Gasteiger partial charge on any atom is -0.334 e. The van der Waals surface area contributed by atoms with E-state index in [1.165, 1.54) is 25.8 Å². The van der Waals surface area contributed by atoms with Crippen molar-refractivity contribution in [1.29, 1.82) is 0 Å². The first-order valence-electron chi connectivity index (χ1n) is 6.29. The zero-order chi connectivity index (χ0) is 10.8. The second kappa shape index (κ2) is 4.52. The van der Waals surface area contributed by atoms with Gasteiger partial charge in [-0.05, 0) is 25.8 Å². The van der Waals surface area contributed by atoms with Crippen molar-refractivity contribution in [2.45, 2.75) is 51.6 Å². The molecule has 3 heteroatoms. The normalized spacial score (nSPS) is 30.9. The van der Waals surface area contributed by atoms with Crippen molar-refractivity contribution >= 4 is 5.91 Å². The van der Waals surface area contributed by atoms with Gasteiger partial charge in [0.1, 0.15) is 0 Å². The molecule has 2 unspecified atom stereocenters. The Morgan fingerprint density at radius 3 is 2.27 bits per heavy atom. The highest BCUT2D eigenvalue weighted by molar-refractivity contribution is 5.77. The number of carbonyl (C=O) groups excluding carboxylic acids is 1. The summed E-state index contributed by atoms with van der Waals surface area (Å²) in [5.74, 6) is 0.360. The van der Waals surface area contributed by atoms with Gasteiger partial charge in [0.25, 0.3) is 0 Å². The largest absolute Gasteiger partial charge is 0.334 e. The third-order valence-corrected chi connectivity index (χ3v) is 3.69. The summed E-state index contributed by atoms with van der Waals surface area (Å²) in [6.07, 6.45) is 4.33. The Morgan fingerprint density at radius 2 is 1.80 bits per heavy atom. The first-order valence-corrected chi connectivity index (χ1v) is 6.29. The average Bonchev–Trinajstić information content (AvgIpc) is 2.50. The zero-order valence-corrected chi connectivity index (χ0v) is 9.91. The van der Waals surface area contributed by atoms with Crippen molar-refractivity contribution in [3.8, 4) is 0 Å². The zero-order valence-electron chi connectivity index (χ0n) is 9.91. The van der Waals surface area contributed by atoms with E-state index in [0.29, 0.717) is 24.4 Å². The molecule has 86 valence electrons. The van der Waals surface area contributed by atoms with Crippen LogP contribution in [0.1, 0.15) is 39.5 Å². The van der Waals surface area contributed by atoms with Gasteiger partial charge in [0.05, 0.1) is 0 Å². The molecule has 2 bridgehead atoms.